The molecule has 0 aliphatic carbocycles. The first-order valence-electron chi connectivity index (χ1n) is 11.6. The highest BCUT2D eigenvalue weighted by Crippen LogP contribution is 2.38. The van der Waals surface area contributed by atoms with Crippen LogP contribution in [0, 0.1) is 11.7 Å². The van der Waals surface area contributed by atoms with Crippen molar-refractivity contribution in [2.45, 2.75) is 32.8 Å². The first-order chi connectivity index (χ1) is 17.0. The Balaban J connectivity index is 2.08. The first-order valence-corrected chi connectivity index (χ1v) is 12.4. The molecule has 0 spiro atoms. The molecule has 36 heavy (non-hydrogen) atoms. The number of thiophene rings is 1. The zero-order valence-corrected chi connectivity index (χ0v) is 22.1. The van der Waals surface area contributed by atoms with E-state index in [1.165, 1.54) is 12.1 Å². The van der Waals surface area contributed by atoms with Crippen molar-refractivity contribution in [2.75, 3.05) is 32.2 Å². The summed E-state index contributed by atoms with van der Waals surface area (Å²) < 4.78 is 25.6. The lowest BCUT2D eigenvalue weighted by atomic mass is 9.96. The summed E-state index contributed by atoms with van der Waals surface area (Å²) in [5.41, 5.74) is 12.1. The molecule has 2 rings (SSSR count). The minimum atomic E-state index is -1.17. The van der Waals surface area contributed by atoms with Gasteiger partial charge in [-0.15, -0.1) is 11.3 Å². The van der Waals surface area contributed by atoms with E-state index in [-0.39, 0.29) is 16.9 Å². The van der Waals surface area contributed by atoms with Crippen molar-refractivity contribution >= 4 is 22.2 Å². The number of aliphatic hydroxyl groups is 1. The molecular weight excluding hydrogens is 481 g/mol. The van der Waals surface area contributed by atoms with E-state index in [0.29, 0.717) is 41.2 Å². The number of ether oxygens (including phenoxy) is 2. The predicted molar refractivity (Wildman–Crippen MR) is 144 cm³/mol. The predicted octanol–water partition coefficient (Wildman–Crippen LogP) is 4.89. The molecule has 1 unspecified atom stereocenters. The van der Waals surface area contributed by atoms with Crippen LogP contribution in [0.15, 0.2) is 60.5 Å². The Morgan fingerprint density at radius 1 is 1.31 bits per heavy atom. The lowest BCUT2D eigenvalue weighted by molar-refractivity contribution is 0.0669. The van der Waals surface area contributed by atoms with Crippen LogP contribution in [-0.4, -0.2) is 37.9 Å². The summed E-state index contributed by atoms with van der Waals surface area (Å²) in [6, 6.07) is 6.01. The average molecular weight is 518 g/mol. The van der Waals surface area contributed by atoms with E-state index in [4.69, 9.17) is 20.9 Å². The maximum atomic E-state index is 14.8. The summed E-state index contributed by atoms with van der Waals surface area (Å²) in [4.78, 5) is 12.5. The molecule has 1 heterocycles. The Labute approximate surface area is 216 Å². The van der Waals surface area contributed by atoms with Crippen molar-refractivity contribution < 1.29 is 23.8 Å². The normalized spacial score (nSPS) is 13.2. The molecule has 0 aliphatic heterocycles. The highest BCUT2D eigenvalue weighted by molar-refractivity contribution is 7.19. The van der Waals surface area contributed by atoms with Gasteiger partial charge in [0.15, 0.2) is 0 Å². The van der Waals surface area contributed by atoms with Crippen molar-refractivity contribution in [1.82, 2.24) is 0 Å². The smallest absolute Gasteiger partial charge is 0.251 e. The second-order valence-electron chi connectivity index (χ2n) is 8.98. The average Bonchev–Trinajstić information content (AvgIpc) is 3.21. The number of hydrogen-bond donors (Lipinski definition) is 4. The molecule has 6 N–H and O–H groups in total. The van der Waals surface area contributed by atoms with Gasteiger partial charge in [0.2, 0.25) is 0 Å². The maximum absolute atomic E-state index is 14.8. The lowest BCUT2D eigenvalue weighted by Crippen LogP contribution is -2.15. The Morgan fingerprint density at radius 2 is 2.03 bits per heavy atom. The lowest BCUT2D eigenvalue weighted by Gasteiger charge is -2.18. The maximum Gasteiger partial charge on any atom is 0.251 e. The molecule has 2 aromatic rings. The van der Waals surface area contributed by atoms with Gasteiger partial charge in [0, 0.05) is 23.5 Å². The van der Waals surface area contributed by atoms with Gasteiger partial charge in [-0.1, -0.05) is 37.8 Å². The van der Waals surface area contributed by atoms with E-state index in [9.17, 15) is 14.3 Å². The standard InChI is InChI=1S/C27H36FN3O4S/c1-6-18(15-34-5)16-35-14-17(2)8-7-9-24(29)31-26-21(25(30)32)13-23(36-26)20-11-10-19(12-22(20)28)27(3,4)33/h7-13,18,31,33H,2,6,14-16,29H2,1,3-5H3,(H2,30,32)/b8-7-,24-9+. The van der Waals surface area contributed by atoms with Crippen molar-refractivity contribution in [1.29, 1.82) is 0 Å². The van der Waals surface area contributed by atoms with Crippen LogP contribution in [0.1, 0.15) is 43.1 Å². The number of hydrogen-bond acceptors (Lipinski definition) is 7. The summed E-state index contributed by atoms with van der Waals surface area (Å²) >= 11 is 1.15. The van der Waals surface area contributed by atoms with Gasteiger partial charge < -0.3 is 31.4 Å². The van der Waals surface area contributed by atoms with Crippen molar-refractivity contribution in [3.05, 3.63) is 77.4 Å². The van der Waals surface area contributed by atoms with Gasteiger partial charge in [-0.25, -0.2) is 4.39 Å². The molecule has 0 aliphatic rings. The zero-order chi connectivity index (χ0) is 26.9. The first kappa shape index (κ1) is 29.3. The fourth-order valence-electron chi connectivity index (χ4n) is 3.28. The highest BCUT2D eigenvalue weighted by Gasteiger charge is 2.21. The number of anilines is 1. The van der Waals surface area contributed by atoms with Crippen LogP contribution in [0.25, 0.3) is 10.4 Å². The zero-order valence-electron chi connectivity index (χ0n) is 21.3. The number of halogens is 1. The number of nitrogens with two attached hydrogens (primary N) is 2. The van der Waals surface area contributed by atoms with Crippen molar-refractivity contribution in [3.63, 3.8) is 0 Å². The number of nitrogens with one attached hydrogen (secondary N) is 1. The molecule has 7 nitrogen and oxygen atoms in total. The molecule has 1 aromatic heterocycles. The third-order valence-corrected chi connectivity index (χ3v) is 6.51. The number of benzene rings is 1. The summed E-state index contributed by atoms with van der Waals surface area (Å²) in [6.07, 6.45) is 6.08. The third kappa shape index (κ3) is 8.60. The summed E-state index contributed by atoms with van der Waals surface area (Å²) in [5, 5.41) is 13.5. The second kappa shape index (κ2) is 13.4. The van der Waals surface area contributed by atoms with Crippen molar-refractivity contribution in [3.8, 4) is 10.4 Å². The van der Waals surface area contributed by atoms with Gasteiger partial charge >= 0.3 is 0 Å². The van der Waals surface area contributed by atoms with Crippen LogP contribution in [0.3, 0.4) is 0 Å². The number of amides is 1. The number of allylic oxidation sites excluding steroid dienone is 2. The number of primary amides is 1. The molecule has 0 saturated heterocycles. The molecule has 1 atom stereocenters. The van der Waals surface area contributed by atoms with Gasteiger partial charge in [0.1, 0.15) is 16.6 Å². The molecule has 0 radical (unpaired) electrons. The molecule has 0 bridgehead atoms. The van der Waals surface area contributed by atoms with E-state index in [1.807, 2.05) is 0 Å². The Kier molecular flexibility index (Phi) is 10.9. The molecule has 196 valence electrons. The van der Waals surface area contributed by atoms with Crippen LogP contribution in [0.5, 0.6) is 0 Å². The molecule has 1 amide bonds. The van der Waals surface area contributed by atoms with Gasteiger partial charge in [-0.3, -0.25) is 4.79 Å². The molecule has 1 aromatic carbocycles. The van der Waals surface area contributed by atoms with Crippen LogP contribution in [0.4, 0.5) is 9.39 Å². The minimum Gasteiger partial charge on any atom is -0.386 e. The molecule has 9 heteroatoms. The van der Waals surface area contributed by atoms with Gasteiger partial charge in [0.25, 0.3) is 5.91 Å². The Morgan fingerprint density at radius 3 is 2.61 bits per heavy atom. The quantitative estimate of drug-likeness (QED) is 0.265. The largest absolute Gasteiger partial charge is 0.386 e. The second-order valence-corrected chi connectivity index (χ2v) is 10.0. The van der Waals surface area contributed by atoms with Gasteiger partial charge in [-0.2, -0.15) is 0 Å². The summed E-state index contributed by atoms with van der Waals surface area (Å²) in [7, 11) is 1.67. The van der Waals surface area contributed by atoms with Crippen LogP contribution < -0.4 is 16.8 Å². The summed E-state index contributed by atoms with van der Waals surface area (Å²) in [6.45, 7) is 10.8. The van der Waals surface area contributed by atoms with Crippen LogP contribution >= 0.6 is 11.3 Å². The van der Waals surface area contributed by atoms with Gasteiger partial charge in [0.05, 0.1) is 31.0 Å². The monoisotopic (exact) mass is 517 g/mol. The van der Waals surface area contributed by atoms with E-state index >= 15 is 0 Å². The van der Waals surface area contributed by atoms with Crippen LogP contribution in [0.2, 0.25) is 0 Å². The number of carbonyl (C=O) groups is 1. The highest BCUT2D eigenvalue weighted by atomic mass is 32.1. The summed E-state index contributed by atoms with van der Waals surface area (Å²) in [5.74, 6) is -0.575. The fourth-order valence-corrected chi connectivity index (χ4v) is 4.39. The Bertz CT molecular complexity index is 1120. The Hall–Kier alpha value is -2.98. The minimum absolute atomic E-state index is 0.195. The fraction of sp³-hybridized carbons (Fsp3) is 0.370. The number of carbonyl (C=O) groups excluding carboxylic acids is 1. The SMILES string of the molecule is C=C(/C=C\C=C(/N)Nc1sc(-c2ccc(C(C)(C)O)cc2F)cc1C(N)=O)COCC(CC)COC. The molecular formula is C27H36FN3O4S. The topological polar surface area (TPSA) is 120 Å². The number of methoxy groups -OCH3 is 1. The molecule has 0 fully saturated rings. The van der Waals surface area contributed by atoms with E-state index in [2.05, 4.69) is 18.8 Å². The number of rotatable bonds is 14. The van der Waals surface area contributed by atoms with E-state index < -0.39 is 17.3 Å². The van der Waals surface area contributed by atoms with E-state index in [1.54, 1.807) is 51.3 Å². The van der Waals surface area contributed by atoms with Crippen LogP contribution in [-0.2, 0) is 15.1 Å². The molecule has 0 saturated carbocycles. The van der Waals surface area contributed by atoms with Gasteiger partial charge in [-0.05, 0) is 49.6 Å². The van der Waals surface area contributed by atoms with Crippen molar-refractivity contribution in [2.24, 2.45) is 17.4 Å². The van der Waals surface area contributed by atoms with E-state index in [0.717, 1.165) is 23.3 Å². The third-order valence-electron chi connectivity index (χ3n) is 5.42.